The topological polar surface area (TPSA) is 29.1 Å². The number of rotatable bonds is 5. The summed E-state index contributed by atoms with van der Waals surface area (Å²) in [6.07, 6.45) is 4.22. The Labute approximate surface area is 127 Å². The van der Waals surface area contributed by atoms with E-state index in [2.05, 4.69) is 33.4 Å². The van der Waals surface area contributed by atoms with Crippen molar-refractivity contribution in [3.8, 4) is 0 Å². The molecule has 0 spiro atoms. The predicted octanol–water partition coefficient (Wildman–Crippen LogP) is 3.82. The number of amides is 1. The maximum Gasteiger partial charge on any atom is 0.244 e. The van der Waals surface area contributed by atoms with E-state index in [0.29, 0.717) is 6.54 Å². The monoisotopic (exact) mass is 329 g/mol. The minimum atomic E-state index is -0.0659. The van der Waals surface area contributed by atoms with Crippen molar-refractivity contribution in [3.63, 3.8) is 0 Å². The summed E-state index contributed by atoms with van der Waals surface area (Å²) in [6, 6.07) is 17.9. The van der Waals surface area contributed by atoms with Crippen LogP contribution in [0.4, 0.5) is 0 Å². The third kappa shape index (κ3) is 5.02. The molecule has 2 aromatic carbocycles. The van der Waals surface area contributed by atoms with E-state index in [1.54, 1.807) is 6.08 Å². The molecule has 0 saturated carbocycles. The lowest BCUT2D eigenvalue weighted by atomic mass is 10.1. The Morgan fingerprint density at radius 3 is 2.45 bits per heavy atom. The van der Waals surface area contributed by atoms with Gasteiger partial charge < -0.3 is 5.32 Å². The first-order chi connectivity index (χ1) is 9.74. The third-order valence-corrected chi connectivity index (χ3v) is 3.38. The van der Waals surface area contributed by atoms with Crippen LogP contribution in [0.3, 0.4) is 0 Å². The molecule has 0 aliphatic carbocycles. The van der Waals surface area contributed by atoms with Gasteiger partial charge in [0.25, 0.3) is 0 Å². The summed E-state index contributed by atoms with van der Waals surface area (Å²) in [5.41, 5.74) is 2.23. The van der Waals surface area contributed by atoms with Gasteiger partial charge >= 0.3 is 0 Å². The zero-order valence-corrected chi connectivity index (χ0v) is 12.6. The third-order valence-electron chi connectivity index (χ3n) is 2.85. The molecule has 1 amide bonds. The lowest BCUT2D eigenvalue weighted by Gasteiger charge is -2.02. The van der Waals surface area contributed by atoms with Crippen LogP contribution in [0, 0.1) is 0 Å². The second-order valence-electron chi connectivity index (χ2n) is 4.41. The molecule has 0 aliphatic rings. The summed E-state index contributed by atoms with van der Waals surface area (Å²) in [7, 11) is 0. The Kier molecular flexibility index (Phi) is 5.56. The van der Waals surface area contributed by atoms with Gasteiger partial charge in [-0.25, -0.2) is 0 Å². The highest BCUT2D eigenvalue weighted by molar-refractivity contribution is 9.10. The van der Waals surface area contributed by atoms with E-state index in [1.165, 1.54) is 5.56 Å². The molecule has 20 heavy (non-hydrogen) atoms. The van der Waals surface area contributed by atoms with E-state index in [-0.39, 0.29) is 5.91 Å². The number of hydrogen-bond acceptors (Lipinski definition) is 1. The van der Waals surface area contributed by atoms with E-state index >= 15 is 0 Å². The van der Waals surface area contributed by atoms with Crippen molar-refractivity contribution in [2.75, 3.05) is 6.54 Å². The van der Waals surface area contributed by atoms with Crippen molar-refractivity contribution < 1.29 is 4.79 Å². The molecule has 0 bridgehead atoms. The van der Waals surface area contributed by atoms with Gasteiger partial charge in [0.2, 0.25) is 5.91 Å². The number of carbonyl (C=O) groups excluding carboxylic acids is 1. The van der Waals surface area contributed by atoms with Gasteiger partial charge in [0.05, 0.1) is 0 Å². The maximum absolute atomic E-state index is 11.7. The fraction of sp³-hybridized carbons (Fsp3) is 0.118. The zero-order valence-electron chi connectivity index (χ0n) is 11.1. The first-order valence-electron chi connectivity index (χ1n) is 6.49. The first kappa shape index (κ1) is 14.5. The van der Waals surface area contributed by atoms with Gasteiger partial charge in [0, 0.05) is 17.1 Å². The average molecular weight is 330 g/mol. The molecule has 0 unspecified atom stereocenters. The summed E-state index contributed by atoms with van der Waals surface area (Å²) in [5, 5.41) is 2.88. The standard InChI is InChI=1S/C17H16BrNO/c18-16-9-6-15(7-10-16)8-11-17(20)19-13-12-14-4-2-1-3-5-14/h1-11H,12-13H2,(H,19,20). The number of hydrogen-bond donors (Lipinski definition) is 1. The summed E-state index contributed by atoms with van der Waals surface area (Å²) in [6.45, 7) is 0.646. The quantitative estimate of drug-likeness (QED) is 0.830. The van der Waals surface area contributed by atoms with Crippen LogP contribution >= 0.6 is 15.9 Å². The lowest BCUT2D eigenvalue weighted by Crippen LogP contribution is -2.23. The normalized spacial score (nSPS) is 10.7. The van der Waals surface area contributed by atoms with Gasteiger partial charge in [-0.3, -0.25) is 4.79 Å². The number of carbonyl (C=O) groups is 1. The Hall–Kier alpha value is -1.87. The van der Waals surface area contributed by atoms with Gasteiger partial charge in [-0.1, -0.05) is 58.4 Å². The zero-order chi connectivity index (χ0) is 14.2. The van der Waals surface area contributed by atoms with Crippen LogP contribution in [0.1, 0.15) is 11.1 Å². The molecule has 0 atom stereocenters. The molecule has 2 rings (SSSR count). The predicted molar refractivity (Wildman–Crippen MR) is 86.3 cm³/mol. The Balaban J connectivity index is 1.76. The number of nitrogens with one attached hydrogen (secondary N) is 1. The Bertz CT molecular complexity index is 576. The highest BCUT2D eigenvalue weighted by Crippen LogP contribution is 2.11. The second kappa shape index (κ2) is 7.65. The summed E-state index contributed by atoms with van der Waals surface area (Å²) in [4.78, 5) is 11.7. The molecule has 2 nitrogen and oxygen atoms in total. The summed E-state index contributed by atoms with van der Waals surface area (Å²) >= 11 is 3.38. The molecule has 0 fully saturated rings. The molecule has 0 saturated heterocycles. The van der Waals surface area contributed by atoms with Crippen molar-refractivity contribution in [2.24, 2.45) is 0 Å². The summed E-state index contributed by atoms with van der Waals surface area (Å²) in [5.74, 6) is -0.0659. The van der Waals surface area contributed by atoms with Gasteiger partial charge in [0.15, 0.2) is 0 Å². The highest BCUT2D eigenvalue weighted by atomic mass is 79.9. The molecule has 2 aromatic rings. The first-order valence-corrected chi connectivity index (χ1v) is 7.29. The maximum atomic E-state index is 11.7. The minimum Gasteiger partial charge on any atom is -0.352 e. The van der Waals surface area contributed by atoms with Crippen LogP contribution in [0.25, 0.3) is 6.08 Å². The molecule has 0 heterocycles. The van der Waals surface area contributed by atoms with Gasteiger partial charge in [-0.05, 0) is 35.8 Å². The van der Waals surface area contributed by atoms with Crippen molar-refractivity contribution in [2.45, 2.75) is 6.42 Å². The summed E-state index contributed by atoms with van der Waals surface area (Å²) < 4.78 is 1.03. The van der Waals surface area contributed by atoms with Crippen molar-refractivity contribution in [3.05, 3.63) is 76.3 Å². The van der Waals surface area contributed by atoms with Gasteiger partial charge in [-0.15, -0.1) is 0 Å². The lowest BCUT2D eigenvalue weighted by molar-refractivity contribution is -0.116. The molecule has 0 aliphatic heterocycles. The number of benzene rings is 2. The van der Waals surface area contributed by atoms with Crippen molar-refractivity contribution in [1.29, 1.82) is 0 Å². The van der Waals surface area contributed by atoms with Crippen LogP contribution in [0.2, 0.25) is 0 Å². The molecule has 0 aromatic heterocycles. The van der Waals surface area contributed by atoms with E-state index in [0.717, 1.165) is 16.5 Å². The van der Waals surface area contributed by atoms with Crippen LogP contribution in [0.15, 0.2) is 65.1 Å². The molecule has 1 N–H and O–H groups in total. The van der Waals surface area contributed by atoms with Crippen LogP contribution in [0.5, 0.6) is 0 Å². The average Bonchev–Trinajstić information content (AvgIpc) is 2.48. The van der Waals surface area contributed by atoms with Crippen molar-refractivity contribution >= 4 is 27.9 Å². The van der Waals surface area contributed by atoms with Crippen LogP contribution < -0.4 is 5.32 Å². The largest absolute Gasteiger partial charge is 0.352 e. The molecular formula is C17H16BrNO. The number of halogens is 1. The SMILES string of the molecule is O=C(C=Cc1ccc(Br)cc1)NCCc1ccccc1. The molecule has 0 radical (unpaired) electrons. The fourth-order valence-electron chi connectivity index (χ4n) is 1.78. The Morgan fingerprint density at radius 2 is 1.75 bits per heavy atom. The fourth-order valence-corrected chi connectivity index (χ4v) is 2.04. The van der Waals surface area contributed by atoms with E-state index in [9.17, 15) is 4.79 Å². The van der Waals surface area contributed by atoms with Gasteiger partial charge in [-0.2, -0.15) is 0 Å². The van der Waals surface area contributed by atoms with Gasteiger partial charge in [0.1, 0.15) is 0 Å². The van der Waals surface area contributed by atoms with Crippen molar-refractivity contribution in [1.82, 2.24) is 5.32 Å². The van der Waals surface area contributed by atoms with Crippen LogP contribution in [-0.2, 0) is 11.2 Å². The van der Waals surface area contributed by atoms with E-state index in [1.807, 2.05) is 48.5 Å². The minimum absolute atomic E-state index is 0.0659. The van der Waals surface area contributed by atoms with E-state index < -0.39 is 0 Å². The molecular weight excluding hydrogens is 314 g/mol. The Morgan fingerprint density at radius 1 is 1.05 bits per heavy atom. The van der Waals surface area contributed by atoms with Crippen LogP contribution in [-0.4, -0.2) is 12.5 Å². The smallest absolute Gasteiger partial charge is 0.244 e. The second-order valence-corrected chi connectivity index (χ2v) is 5.33. The molecule has 3 heteroatoms. The highest BCUT2D eigenvalue weighted by Gasteiger charge is 1.96. The molecule has 102 valence electrons. The van der Waals surface area contributed by atoms with E-state index in [4.69, 9.17) is 0 Å².